The number of hydrogen-bond donors (Lipinski definition) is 0. The van der Waals surface area contributed by atoms with Gasteiger partial charge in [-0.15, -0.1) is 0 Å². The molecular formula is C17H40O3Si2. The Hall–Kier alpha value is 0.314. The van der Waals surface area contributed by atoms with E-state index in [4.69, 9.17) is 13.0 Å². The van der Waals surface area contributed by atoms with Crippen LogP contribution in [0, 0.1) is 5.92 Å². The molecule has 0 aromatic rings. The van der Waals surface area contributed by atoms with Gasteiger partial charge in [-0.3, -0.25) is 0 Å². The molecule has 0 amide bonds. The van der Waals surface area contributed by atoms with Gasteiger partial charge in [0.15, 0.2) is 0 Å². The molecular weight excluding hydrogens is 308 g/mol. The topological polar surface area (TPSA) is 27.7 Å². The molecule has 0 bridgehead atoms. The first-order chi connectivity index (χ1) is 10.2. The molecule has 0 aromatic carbocycles. The third-order valence-corrected chi connectivity index (χ3v) is 9.68. The molecule has 0 heterocycles. The van der Waals surface area contributed by atoms with Crippen molar-refractivity contribution in [1.82, 2.24) is 0 Å². The van der Waals surface area contributed by atoms with E-state index in [9.17, 15) is 0 Å². The van der Waals surface area contributed by atoms with Gasteiger partial charge >= 0.3 is 17.1 Å². The minimum absolute atomic E-state index is 0.731. The summed E-state index contributed by atoms with van der Waals surface area (Å²) in [4.78, 5) is 0. The summed E-state index contributed by atoms with van der Waals surface area (Å²) in [7, 11) is -4.12. The van der Waals surface area contributed by atoms with Crippen molar-refractivity contribution in [2.75, 3.05) is 13.2 Å². The van der Waals surface area contributed by atoms with E-state index < -0.39 is 17.1 Å². The normalized spacial score (nSPS) is 14.3. The van der Waals surface area contributed by atoms with Crippen LogP contribution >= 0.6 is 0 Å². The highest BCUT2D eigenvalue weighted by Crippen LogP contribution is 2.18. The lowest BCUT2D eigenvalue weighted by Gasteiger charge is -2.33. The molecule has 0 rings (SSSR count). The third-order valence-electron chi connectivity index (χ3n) is 3.95. The predicted molar refractivity (Wildman–Crippen MR) is 101 cm³/mol. The molecule has 1 unspecified atom stereocenters. The van der Waals surface area contributed by atoms with Crippen LogP contribution in [0.25, 0.3) is 0 Å². The SMILES string of the molecule is CCCCCCCO[Si](C)(C)O[Si](C)(C)OCCC(C)CC. The largest absolute Gasteiger partial charge is 0.415 e. The Bertz CT molecular complexity index is 271. The van der Waals surface area contributed by atoms with E-state index in [-0.39, 0.29) is 0 Å². The number of rotatable bonds is 14. The highest BCUT2D eigenvalue weighted by molar-refractivity contribution is 6.78. The lowest BCUT2D eigenvalue weighted by molar-refractivity contribution is 0.185. The fourth-order valence-electron chi connectivity index (χ4n) is 2.38. The maximum atomic E-state index is 6.30. The molecule has 3 nitrogen and oxygen atoms in total. The second-order valence-electron chi connectivity index (χ2n) is 7.31. The molecule has 0 N–H and O–H groups in total. The summed E-state index contributed by atoms with van der Waals surface area (Å²) in [5.74, 6) is 0.731. The second-order valence-corrected chi connectivity index (χ2v) is 14.3. The number of unbranched alkanes of at least 4 members (excludes halogenated alkanes) is 4. The van der Waals surface area contributed by atoms with Crippen molar-refractivity contribution >= 4 is 17.1 Å². The van der Waals surface area contributed by atoms with Crippen LogP contribution in [0.1, 0.15) is 65.7 Å². The standard InChI is InChI=1S/C17H40O3Si2/c1-8-10-11-12-13-15-18-21(4,5)20-22(6,7)19-16-14-17(3)9-2/h17H,8-16H2,1-7H3. The molecule has 5 heteroatoms. The Labute approximate surface area is 141 Å². The summed E-state index contributed by atoms with van der Waals surface area (Å²) in [6.07, 6.45) is 8.70. The van der Waals surface area contributed by atoms with Crippen molar-refractivity contribution in [3.63, 3.8) is 0 Å². The Morgan fingerprint density at radius 3 is 1.86 bits per heavy atom. The van der Waals surface area contributed by atoms with E-state index in [1.54, 1.807) is 0 Å². The molecule has 22 heavy (non-hydrogen) atoms. The maximum Gasteiger partial charge on any atom is 0.322 e. The van der Waals surface area contributed by atoms with Gasteiger partial charge in [0.05, 0.1) is 0 Å². The quantitative estimate of drug-likeness (QED) is 0.291. The maximum absolute atomic E-state index is 6.30. The molecule has 0 aliphatic rings. The van der Waals surface area contributed by atoms with Crippen molar-refractivity contribution in [3.05, 3.63) is 0 Å². The van der Waals surface area contributed by atoms with Crippen LogP contribution in [0.3, 0.4) is 0 Å². The monoisotopic (exact) mass is 348 g/mol. The van der Waals surface area contributed by atoms with E-state index >= 15 is 0 Å². The van der Waals surface area contributed by atoms with E-state index in [0.29, 0.717) is 0 Å². The first kappa shape index (κ1) is 22.3. The van der Waals surface area contributed by atoms with Crippen molar-refractivity contribution in [2.24, 2.45) is 5.92 Å². The van der Waals surface area contributed by atoms with Crippen LogP contribution in [0.5, 0.6) is 0 Å². The van der Waals surface area contributed by atoms with Gasteiger partial charge in [0, 0.05) is 13.2 Å². The summed E-state index contributed by atoms with van der Waals surface area (Å²) >= 11 is 0. The molecule has 1 atom stereocenters. The molecule has 0 fully saturated rings. The molecule has 134 valence electrons. The van der Waals surface area contributed by atoms with Gasteiger partial charge in [0.2, 0.25) is 0 Å². The van der Waals surface area contributed by atoms with Crippen molar-refractivity contribution in [1.29, 1.82) is 0 Å². The Morgan fingerprint density at radius 1 is 0.773 bits per heavy atom. The molecule has 0 saturated carbocycles. The van der Waals surface area contributed by atoms with Crippen LogP contribution in [0.15, 0.2) is 0 Å². The van der Waals surface area contributed by atoms with Gasteiger partial charge in [-0.2, -0.15) is 0 Å². The first-order valence-corrected chi connectivity index (χ1v) is 14.8. The highest BCUT2D eigenvalue weighted by Gasteiger charge is 2.36. The molecule has 0 saturated heterocycles. The van der Waals surface area contributed by atoms with Gasteiger partial charge in [-0.1, -0.05) is 52.9 Å². The fraction of sp³-hybridized carbons (Fsp3) is 1.00. The third kappa shape index (κ3) is 12.8. The molecule has 0 aliphatic carbocycles. The van der Waals surface area contributed by atoms with Gasteiger partial charge in [0.1, 0.15) is 0 Å². The van der Waals surface area contributed by atoms with Crippen LogP contribution in [0.4, 0.5) is 0 Å². The van der Waals surface area contributed by atoms with Gasteiger partial charge in [-0.05, 0) is 44.9 Å². The van der Waals surface area contributed by atoms with Crippen molar-refractivity contribution < 1.29 is 13.0 Å². The average molecular weight is 349 g/mol. The van der Waals surface area contributed by atoms with Crippen molar-refractivity contribution in [2.45, 2.75) is 91.9 Å². The molecule has 0 aliphatic heterocycles. The van der Waals surface area contributed by atoms with E-state index in [1.165, 1.54) is 32.1 Å². The van der Waals surface area contributed by atoms with Crippen LogP contribution < -0.4 is 0 Å². The van der Waals surface area contributed by atoms with Crippen LogP contribution in [-0.4, -0.2) is 30.3 Å². The van der Waals surface area contributed by atoms with E-state index in [2.05, 4.69) is 47.0 Å². The highest BCUT2D eigenvalue weighted by atomic mass is 28.5. The minimum Gasteiger partial charge on any atom is -0.415 e. The summed E-state index contributed by atoms with van der Waals surface area (Å²) in [6, 6.07) is 0. The van der Waals surface area contributed by atoms with Crippen LogP contribution in [-0.2, 0) is 13.0 Å². The zero-order valence-corrected chi connectivity index (χ0v) is 18.2. The fourth-order valence-corrected chi connectivity index (χ4v) is 8.84. The summed E-state index contributed by atoms with van der Waals surface area (Å²) in [5, 5.41) is 0. The van der Waals surface area contributed by atoms with Crippen molar-refractivity contribution in [3.8, 4) is 0 Å². The van der Waals surface area contributed by atoms with Gasteiger partial charge in [0.25, 0.3) is 0 Å². The zero-order valence-electron chi connectivity index (χ0n) is 16.2. The smallest absolute Gasteiger partial charge is 0.322 e. The summed E-state index contributed by atoms with van der Waals surface area (Å²) in [5.41, 5.74) is 0. The lowest BCUT2D eigenvalue weighted by atomic mass is 10.1. The average Bonchev–Trinajstić information content (AvgIpc) is 2.41. The predicted octanol–water partition coefficient (Wildman–Crippen LogP) is 5.85. The first-order valence-electron chi connectivity index (χ1n) is 9.20. The minimum atomic E-state index is -2.06. The van der Waals surface area contributed by atoms with Crippen LogP contribution in [0.2, 0.25) is 26.2 Å². The summed E-state index contributed by atoms with van der Waals surface area (Å²) in [6.45, 7) is 17.0. The molecule has 0 aromatic heterocycles. The second kappa shape index (κ2) is 11.8. The van der Waals surface area contributed by atoms with E-state index in [0.717, 1.165) is 32.0 Å². The lowest BCUT2D eigenvalue weighted by Crippen LogP contribution is -2.48. The van der Waals surface area contributed by atoms with E-state index in [1.807, 2.05) is 0 Å². The van der Waals surface area contributed by atoms with Gasteiger partial charge in [-0.25, -0.2) is 0 Å². The Kier molecular flexibility index (Phi) is 12.0. The Balaban J connectivity index is 3.93. The Morgan fingerprint density at radius 2 is 1.32 bits per heavy atom. The molecule has 0 spiro atoms. The molecule has 0 radical (unpaired) electrons. The zero-order chi connectivity index (χ0) is 17.1. The summed E-state index contributed by atoms with van der Waals surface area (Å²) < 4.78 is 18.4. The van der Waals surface area contributed by atoms with Gasteiger partial charge < -0.3 is 13.0 Å². The number of hydrogen-bond acceptors (Lipinski definition) is 3.